The number of unbranched alkanes of at least 4 members (excludes halogenated alkanes) is 64. The minimum absolute atomic E-state index is 0.132. The van der Waals surface area contributed by atoms with E-state index in [2.05, 4.69) is 81.6 Å². The van der Waals surface area contributed by atoms with Gasteiger partial charge >= 0.3 is 34.2 Å². The van der Waals surface area contributed by atoms with Crippen molar-refractivity contribution in [3.8, 4) is 0 Å². The summed E-state index contributed by atoms with van der Waals surface area (Å²) in [5, 5.41) is 0. The van der Waals surface area contributed by atoms with Crippen LogP contribution in [0.1, 0.15) is 595 Å². The lowest BCUT2D eigenvalue weighted by molar-refractivity contribution is -0.146. The first-order valence-electron chi connectivity index (χ1n) is 58.2. The van der Waals surface area contributed by atoms with Crippen LogP contribution < -0.4 is 0 Å². The number of imide groups is 4. The van der Waals surface area contributed by atoms with E-state index in [1.807, 2.05) is 0 Å². The number of rotatable bonds is 96. The molecule has 132 heavy (non-hydrogen) atoms. The summed E-state index contributed by atoms with van der Waals surface area (Å²) in [4.78, 5) is 127. The summed E-state index contributed by atoms with van der Waals surface area (Å²) in [5.74, 6) is -1.06. The molecule has 20 heteroatoms. The molecule has 8 amide bonds. The topological polar surface area (TPSA) is 186 Å². The van der Waals surface area contributed by atoms with E-state index in [4.69, 9.17) is 16.5 Å². The Bertz CT molecular complexity index is 2290. The Balaban J connectivity index is 4.58. The summed E-state index contributed by atoms with van der Waals surface area (Å²) in [5.41, 5.74) is 0. The normalized spacial score (nSPS) is 14.0. The molecule has 0 aromatic heterocycles. The molecule has 0 aromatic rings. The van der Waals surface area contributed by atoms with Gasteiger partial charge in [-0.2, -0.15) is 0 Å². The molecule has 1 heterocycles. The van der Waals surface area contributed by atoms with Gasteiger partial charge in [-0.3, -0.25) is 58.0 Å². The highest BCUT2D eigenvalue weighted by atomic mass is 28.5. The molecule has 0 radical (unpaired) electrons. The van der Waals surface area contributed by atoms with E-state index < -0.39 is 34.2 Å². The molecule has 0 saturated carbocycles. The van der Waals surface area contributed by atoms with Gasteiger partial charge in [0.05, 0.1) is 0 Å². The summed E-state index contributed by atoms with van der Waals surface area (Å²) in [7, 11) is -14.3. The minimum Gasteiger partial charge on any atom is -0.416 e. The summed E-state index contributed by atoms with van der Waals surface area (Å²) >= 11 is 0. The van der Waals surface area contributed by atoms with E-state index in [0.29, 0.717) is 101 Å². The van der Waals surface area contributed by atoms with Gasteiger partial charge in [0.1, 0.15) is 0 Å². The van der Waals surface area contributed by atoms with Crippen LogP contribution >= 0.6 is 0 Å². The van der Waals surface area contributed by atoms with Gasteiger partial charge in [0.15, 0.2) is 0 Å². The van der Waals surface area contributed by atoms with Gasteiger partial charge in [0.2, 0.25) is 47.3 Å². The lowest BCUT2D eigenvalue weighted by Gasteiger charge is -2.51. The summed E-state index contributed by atoms with van der Waals surface area (Å²) in [6.07, 6.45) is 84.0. The third-order valence-electron chi connectivity index (χ3n) is 27.8. The molecule has 1 aliphatic rings. The van der Waals surface area contributed by atoms with Gasteiger partial charge in [-0.25, -0.2) is 0 Å². The van der Waals surface area contributed by atoms with Crippen molar-refractivity contribution in [2.24, 2.45) is 0 Å². The van der Waals surface area contributed by atoms with Crippen molar-refractivity contribution in [1.82, 2.24) is 19.6 Å². The van der Waals surface area contributed by atoms with Gasteiger partial charge in [0.25, 0.3) is 0 Å². The molecular weight excluding hydrogens is 1710 g/mol. The van der Waals surface area contributed by atoms with Crippen molar-refractivity contribution < 1.29 is 54.8 Å². The number of hydrogen-bond acceptors (Lipinski definition) is 12. The van der Waals surface area contributed by atoms with Gasteiger partial charge < -0.3 is 16.5 Å². The summed E-state index contributed by atoms with van der Waals surface area (Å²) < 4.78 is 32.0. The molecule has 1 fully saturated rings. The van der Waals surface area contributed by atoms with Crippen LogP contribution in [0.4, 0.5) is 0 Å². The lowest BCUT2D eigenvalue weighted by atomic mass is 10.1. The van der Waals surface area contributed by atoms with Crippen LogP contribution in [0, 0.1) is 0 Å². The van der Waals surface area contributed by atoms with Crippen LogP contribution in [-0.2, 0) is 54.8 Å². The van der Waals surface area contributed by atoms with Crippen molar-refractivity contribution in [2.45, 2.75) is 645 Å². The van der Waals surface area contributed by atoms with Crippen LogP contribution in [-0.4, -0.2) is 127 Å². The second kappa shape index (κ2) is 88.4. The highest BCUT2D eigenvalue weighted by Gasteiger charge is 2.57. The first kappa shape index (κ1) is 127. The van der Waals surface area contributed by atoms with Crippen LogP contribution in [0.5, 0.6) is 0 Å². The molecule has 0 unspecified atom stereocenters. The van der Waals surface area contributed by atoms with Crippen LogP contribution in [0.3, 0.4) is 0 Å². The fraction of sp³-hybridized carbons (Fsp3) is 0.929. The molecule has 776 valence electrons. The van der Waals surface area contributed by atoms with E-state index in [-0.39, 0.29) is 73.4 Å². The first-order valence-corrected chi connectivity index (χ1v) is 68.3. The highest BCUT2D eigenvalue weighted by Crippen LogP contribution is 2.41. The molecule has 0 spiro atoms. The molecule has 1 rings (SSSR count). The third-order valence-corrected chi connectivity index (χ3v) is 46.1. The largest absolute Gasteiger partial charge is 0.416 e. The minimum atomic E-state index is -3.88. The van der Waals surface area contributed by atoms with Crippen molar-refractivity contribution in [3.63, 3.8) is 0 Å². The Labute approximate surface area is 822 Å². The summed E-state index contributed by atoms with van der Waals surface area (Å²) in [6, 6.07) is 1.44. The van der Waals surface area contributed by atoms with Crippen molar-refractivity contribution in [3.05, 3.63) is 0 Å². The predicted molar refractivity (Wildman–Crippen MR) is 570 cm³/mol. The molecule has 16 nitrogen and oxygen atoms in total. The average molecular weight is 1930 g/mol. The molecule has 1 aliphatic heterocycles. The maximum Gasteiger partial charge on any atom is 0.320 e. The second-order valence-corrected chi connectivity index (χ2v) is 56.3. The van der Waals surface area contributed by atoms with Gasteiger partial charge in [-0.15, -0.1) is 0 Å². The van der Waals surface area contributed by atoms with E-state index >= 15 is 38.4 Å². The van der Waals surface area contributed by atoms with E-state index in [9.17, 15) is 0 Å². The van der Waals surface area contributed by atoms with Crippen LogP contribution in [0.15, 0.2) is 0 Å². The Kier molecular flexibility index (Phi) is 85.3. The number of carbonyl (C=O) groups excluding carboxylic acids is 8. The highest BCUT2D eigenvalue weighted by molar-refractivity contribution is 6.94. The Morgan fingerprint density at radius 1 is 0.152 bits per heavy atom. The first-order chi connectivity index (χ1) is 64.1. The zero-order valence-corrected chi connectivity index (χ0v) is 93.7. The van der Waals surface area contributed by atoms with Crippen molar-refractivity contribution >= 4 is 81.5 Å². The van der Waals surface area contributed by atoms with E-state index in [0.717, 1.165) is 205 Å². The van der Waals surface area contributed by atoms with Crippen molar-refractivity contribution in [1.29, 1.82) is 0 Å². The fourth-order valence-corrected chi connectivity index (χ4v) is 43.3. The Hall–Kier alpha value is -2.73. The molecule has 1 saturated heterocycles. The quantitative estimate of drug-likeness (QED) is 0.0415. The zero-order valence-electron chi connectivity index (χ0n) is 89.7. The SMILES string of the molecule is CCCCCCCCCCCC(=O)N(CCC[Si]1(CCCN(C(=O)CCCCCCCCCCC)C(=O)CCCCCCCCCCC)O[Si](C)(C)O[Si](C)(C)O[Si](CCCN(C(=O)CCCCCCCCCCC)C(=O)CCCCCCCCCCC)(CCCN(C(=O)CCCCCCCCCCC)C(=O)CCCCCCCCCCC)O1)C(=O)CCCCCCCCCCC. The molecule has 0 atom stereocenters. The Morgan fingerprint density at radius 3 is 0.386 bits per heavy atom. The molecular formula is C112H220N4O12Si4. The average Bonchev–Trinajstić information content (AvgIpc) is 0.761. The maximum atomic E-state index is 15.1. The smallest absolute Gasteiger partial charge is 0.320 e. The molecule has 0 bridgehead atoms. The van der Waals surface area contributed by atoms with Crippen LogP contribution in [0.25, 0.3) is 0 Å². The third kappa shape index (κ3) is 70.8. The number of hydrogen-bond donors (Lipinski definition) is 0. The lowest BCUT2D eigenvalue weighted by Crippen LogP contribution is -2.67. The summed E-state index contributed by atoms with van der Waals surface area (Å²) in [6.45, 7) is 27.1. The second-order valence-electron chi connectivity index (χ2n) is 41.8. The maximum absolute atomic E-state index is 15.1. The molecule has 0 N–H and O–H groups in total. The Morgan fingerprint density at radius 2 is 0.265 bits per heavy atom. The fourth-order valence-electron chi connectivity index (χ4n) is 19.9. The zero-order chi connectivity index (χ0) is 96.8. The predicted octanol–water partition coefficient (Wildman–Crippen LogP) is 34.7. The number of amides is 8. The number of nitrogens with zero attached hydrogens (tertiary/aromatic N) is 4. The van der Waals surface area contributed by atoms with Gasteiger partial charge in [-0.05, 0) is 127 Å². The standard InChI is InChI=1S/C112H220N4O12Si4/c1-13-21-29-37-45-53-61-69-77-89-105(117)113(106(118)90-78-70-62-54-46-38-30-22-14-2)97-85-101-131(102-86-98-114(107(119)91-79-71-63-55-47-39-31-23-15-3)108(120)92-80-72-64-56-48-40-32-24-16-4)126-129(9,10)125-130(11,12)127-132(128-131,103-87-99-115(109(121)93-81-73-65-57-49-41-33-25-17-5)110(122)94-82-74-66-58-50-42-34-26-18-6)104-88-100-116(111(123)95-83-75-67-59-51-43-35-27-19-7)112(124)96-84-76-68-60-52-44-36-28-20-8/h13-104H2,1-12H3. The molecule has 0 aromatic carbocycles. The van der Waals surface area contributed by atoms with E-state index in [1.165, 1.54) is 257 Å². The van der Waals surface area contributed by atoms with Crippen LogP contribution in [0.2, 0.25) is 50.4 Å². The van der Waals surface area contributed by atoms with Gasteiger partial charge in [0, 0.05) is 77.5 Å². The van der Waals surface area contributed by atoms with Crippen molar-refractivity contribution in [2.75, 3.05) is 26.2 Å². The van der Waals surface area contributed by atoms with Gasteiger partial charge in [-0.1, -0.05) is 466 Å². The number of carbonyl (C=O) groups is 8. The molecule has 0 aliphatic carbocycles. The monoisotopic (exact) mass is 1930 g/mol. The van der Waals surface area contributed by atoms with E-state index in [1.54, 1.807) is 19.6 Å².